The highest BCUT2D eigenvalue weighted by Gasteiger charge is 2.22. The Morgan fingerprint density at radius 2 is 1.87 bits per heavy atom. The first-order valence-corrected chi connectivity index (χ1v) is 8.27. The van der Waals surface area contributed by atoms with E-state index in [4.69, 9.17) is 4.74 Å². The fourth-order valence-corrected chi connectivity index (χ4v) is 3.34. The van der Waals surface area contributed by atoms with Gasteiger partial charge < -0.3 is 4.74 Å². The smallest absolute Gasteiger partial charge is 0.343 e. The average molecular weight is 318 g/mol. The molecule has 0 radical (unpaired) electrons. The van der Waals surface area contributed by atoms with Crippen LogP contribution in [0.4, 0.5) is 0 Å². The third kappa shape index (κ3) is 2.71. The predicted octanol–water partition coefficient (Wildman–Crippen LogP) is 5.19. The number of carbonyl (C=O) groups excluding carboxylic acids is 1. The number of fused-ring (bicyclic) bond motifs is 1. The molecule has 4 rings (SSSR count). The number of rotatable bonds is 2. The highest BCUT2D eigenvalue weighted by Crippen LogP contribution is 2.30. The van der Waals surface area contributed by atoms with E-state index >= 15 is 0 Å². The van der Waals surface area contributed by atoms with Crippen LogP contribution < -0.4 is 0 Å². The molecule has 0 saturated carbocycles. The molecule has 0 fully saturated rings. The molecule has 0 amide bonds. The number of hydrogen-bond acceptors (Lipinski definition) is 3. The van der Waals surface area contributed by atoms with E-state index in [-0.39, 0.29) is 5.97 Å². The largest absolute Gasteiger partial charge is 0.422 e. The number of thiophene rings is 1. The van der Waals surface area contributed by atoms with E-state index in [9.17, 15) is 4.79 Å². The minimum Gasteiger partial charge on any atom is -0.422 e. The molecule has 0 saturated heterocycles. The fraction of sp³-hybridized carbons (Fsp3) is 0.0500. The summed E-state index contributed by atoms with van der Waals surface area (Å²) in [5.74, 6) is 0.317. The monoisotopic (exact) mass is 318 g/mol. The quantitative estimate of drug-likeness (QED) is 0.480. The first kappa shape index (κ1) is 14.0. The summed E-state index contributed by atoms with van der Waals surface area (Å²) in [6.07, 6.45) is 3.68. The number of benzene rings is 2. The summed E-state index contributed by atoms with van der Waals surface area (Å²) >= 11 is 1.60. The van der Waals surface area contributed by atoms with Crippen molar-refractivity contribution in [3.63, 3.8) is 0 Å². The summed E-state index contributed by atoms with van der Waals surface area (Å²) in [4.78, 5) is 13.1. The third-order valence-electron chi connectivity index (χ3n) is 3.85. The van der Waals surface area contributed by atoms with Gasteiger partial charge in [0.25, 0.3) is 0 Å². The van der Waals surface area contributed by atoms with Crippen LogP contribution in [0.25, 0.3) is 22.6 Å². The van der Waals surface area contributed by atoms with Gasteiger partial charge in [-0.25, -0.2) is 4.79 Å². The standard InChI is InChI=1S/C20H14O2S/c1-13-4-5-15-10-16(7-6-14(15)9-13)19-12-17(20(21)22-19)11-18-3-2-8-23-18/h2-12H,1H3. The first-order valence-electron chi connectivity index (χ1n) is 7.39. The number of aryl methyl sites for hydroxylation is 1. The Labute approximate surface area is 138 Å². The maximum atomic E-state index is 12.1. The van der Waals surface area contributed by atoms with E-state index in [1.807, 2.05) is 35.7 Å². The highest BCUT2D eigenvalue weighted by molar-refractivity contribution is 7.10. The molecule has 1 aliphatic heterocycles. The topological polar surface area (TPSA) is 26.3 Å². The second-order valence-corrected chi connectivity index (χ2v) is 6.56. The van der Waals surface area contributed by atoms with Gasteiger partial charge in [-0.15, -0.1) is 11.3 Å². The molecule has 0 N–H and O–H groups in total. The van der Waals surface area contributed by atoms with E-state index in [2.05, 4.69) is 37.3 Å². The lowest BCUT2D eigenvalue weighted by Gasteiger charge is -2.05. The molecule has 23 heavy (non-hydrogen) atoms. The molecule has 0 aliphatic carbocycles. The number of esters is 1. The first-order chi connectivity index (χ1) is 11.2. The Kier molecular flexibility index (Phi) is 3.36. The summed E-state index contributed by atoms with van der Waals surface area (Å²) in [5.41, 5.74) is 2.74. The van der Waals surface area contributed by atoms with Crippen molar-refractivity contribution in [2.75, 3.05) is 0 Å². The lowest BCUT2D eigenvalue weighted by molar-refractivity contribution is -0.130. The molecule has 0 spiro atoms. The van der Waals surface area contributed by atoms with Crippen LogP contribution >= 0.6 is 11.3 Å². The molecule has 3 aromatic rings. The zero-order valence-electron chi connectivity index (χ0n) is 12.6. The van der Waals surface area contributed by atoms with E-state index in [1.54, 1.807) is 11.3 Å². The van der Waals surface area contributed by atoms with Gasteiger partial charge >= 0.3 is 5.97 Å². The van der Waals surface area contributed by atoms with Gasteiger partial charge in [-0.1, -0.05) is 42.0 Å². The van der Waals surface area contributed by atoms with Crippen LogP contribution in [0, 0.1) is 6.92 Å². The molecule has 2 aromatic carbocycles. The lowest BCUT2D eigenvalue weighted by atomic mass is 10.0. The van der Waals surface area contributed by atoms with Crippen LogP contribution in [0.1, 0.15) is 16.0 Å². The van der Waals surface area contributed by atoms with Gasteiger partial charge in [0.05, 0.1) is 5.57 Å². The van der Waals surface area contributed by atoms with Gasteiger partial charge in [0, 0.05) is 10.4 Å². The molecule has 0 unspecified atom stereocenters. The molecule has 1 aliphatic rings. The average Bonchev–Trinajstić information content (AvgIpc) is 3.18. The van der Waals surface area contributed by atoms with Crippen LogP contribution in [0.3, 0.4) is 0 Å². The van der Waals surface area contributed by atoms with Crippen molar-refractivity contribution in [1.82, 2.24) is 0 Å². The summed E-state index contributed by atoms with van der Waals surface area (Å²) in [6, 6.07) is 16.4. The number of carbonyl (C=O) groups is 1. The predicted molar refractivity (Wildman–Crippen MR) is 95.1 cm³/mol. The lowest BCUT2D eigenvalue weighted by Crippen LogP contribution is -1.96. The van der Waals surface area contributed by atoms with Gasteiger partial charge in [-0.3, -0.25) is 0 Å². The zero-order valence-corrected chi connectivity index (χ0v) is 13.4. The second kappa shape index (κ2) is 5.52. The summed E-state index contributed by atoms with van der Waals surface area (Å²) in [6.45, 7) is 2.08. The molecule has 112 valence electrons. The zero-order chi connectivity index (χ0) is 15.8. The normalized spacial score (nSPS) is 16.0. The van der Waals surface area contributed by atoms with Crippen LogP contribution in [-0.2, 0) is 9.53 Å². The van der Waals surface area contributed by atoms with Crippen LogP contribution in [0.15, 0.2) is 65.6 Å². The van der Waals surface area contributed by atoms with E-state index < -0.39 is 0 Å². The van der Waals surface area contributed by atoms with E-state index in [1.165, 1.54) is 10.9 Å². The van der Waals surface area contributed by atoms with Crippen molar-refractivity contribution >= 4 is 39.9 Å². The van der Waals surface area contributed by atoms with Crippen molar-refractivity contribution in [3.8, 4) is 0 Å². The van der Waals surface area contributed by atoms with Gasteiger partial charge in [0.2, 0.25) is 0 Å². The van der Waals surface area contributed by atoms with Crippen molar-refractivity contribution in [3.05, 3.63) is 81.6 Å². The third-order valence-corrected chi connectivity index (χ3v) is 4.67. The van der Waals surface area contributed by atoms with E-state index in [0.717, 1.165) is 15.8 Å². The molecule has 1 aromatic heterocycles. The molecule has 2 nitrogen and oxygen atoms in total. The van der Waals surface area contributed by atoms with Gasteiger partial charge in [0.15, 0.2) is 0 Å². The van der Waals surface area contributed by atoms with Crippen LogP contribution in [-0.4, -0.2) is 5.97 Å². The maximum absolute atomic E-state index is 12.1. The second-order valence-electron chi connectivity index (χ2n) is 5.58. The Morgan fingerprint density at radius 3 is 2.70 bits per heavy atom. The molecule has 0 atom stereocenters. The van der Waals surface area contributed by atoms with Crippen molar-refractivity contribution in [1.29, 1.82) is 0 Å². The Hall–Kier alpha value is -2.65. The van der Waals surface area contributed by atoms with Gasteiger partial charge in [-0.05, 0) is 47.4 Å². The molecular weight excluding hydrogens is 304 g/mol. The summed E-state index contributed by atoms with van der Waals surface area (Å²) in [7, 11) is 0. The van der Waals surface area contributed by atoms with Crippen LogP contribution in [0.5, 0.6) is 0 Å². The van der Waals surface area contributed by atoms with Gasteiger partial charge in [-0.2, -0.15) is 0 Å². The molecule has 3 heteroatoms. The number of cyclic esters (lactones) is 1. The Balaban J connectivity index is 1.73. The highest BCUT2D eigenvalue weighted by atomic mass is 32.1. The maximum Gasteiger partial charge on any atom is 0.343 e. The summed E-state index contributed by atoms with van der Waals surface area (Å²) < 4.78 is 5.44. The fourth-order valence-electron chi connectivity index (χ4n) is 2.68. The SMILES string of the molecule is Cc1ccc2cc(C3=CC(=Cc4cccs4)C(=O)O3)ccc2c1. The minimum absolute atomic E-state index is 0.294. The number of ether oxygens (including phenoxy) is 1. The Bertz CT molecular complexity index is 962. The minimum atomic E-state index is -0.294. The van der Waals surface area contributed by atoms with Crippen LogP contribution in [0.2, 0.25) is 0 Å². The summed E-state index contributed by atoms with van der Waals surface area (Å²) in [5, 5.41) is 4.32. The molecule has 0 bridgehead atoms. The molecular formula is C20H14O2S. The molecule has 2 heterocycles. The van der Waals surface area contributed by atoms with E-state index in [0.29, 0.717) is 11.3 Å². The number of hydrogen-bond donors (Lipinski definition) is 0. The van der Waals surface area contributed by atoms with Gasteiger partial charge in [0.1, 0.15) is 5.76 Å². The van der Waals surface area contributed by atoms with Crippen molar-refractivity contribution in [2.24, 2.45) is 0 Å². The van der Waals surface area contributed by atoms with Crippen molar-refractivity contribution in [2.45, 2.75) is 6.92 Å². The van der Waals surface area contributed by atoms with Crippen molar-refractivity contribution < 1.29 is 9.53 Å². The Morgan fingerprint density at radius 1 is 1.04 bits per heavy atom.